The van der Waals surface area contributed by atoms with E-state index < -0.39 is 5.82 Å². The fourth-order valence-electron chi connectivity index (χ4n) is 2.65. The molecule has 1 heterocycles. The smallest absolute Gasteiger partial charge is 0.191 e. The van der Waals surface area contributed by atoms with Crippen molar-refractivity contribution in [1.82, 2.24) is 14.8 Å². The number of hydrogen-bond donors (Lipinski definition) is 0. The van der Waals surface area contributed by atoms with Crippen LogP contribution in [-0.4, -0.2) is 14.8 Å². The zero-order valence-electron chi connectivity index (χ0n) is 15.4. The summed E-state index contributed by atoms with van der Waals surface area (Å²) in [5.41, 5.74) is 2.48. The van der Waals surface area contributed by atoms with Gasteiger partial charge in [0.05, 0.1) is 5.02 Å². The van der Waals surface area contributed by atoms with E-state index in [0.29, 0.717) is 11.6 Å². The zero-order chi connectivity index (χ0) is 19.4. The average molecular weight is 406 g/mol. The molecule has 3 rings (SSSR count). The highest BCUT2D eigenvalue weighted by Gasteiger charge is 2.19. The molecular weight excluding hydrogens is 385 g/mol. The van der Waals surface area contributed by atoms with Gasteiger partial charge in [0.1, 0.15) is 11.6 Å². The molecule has 2 aromatic carbocycles. The van der Waals surface area contributed by atoms with Gasteiger partial charge in [-0.05, 0) is 44.5 Å². The van der Waals surface area contributed by atoms with Gasteiger partial charge in [0.2, 0.25) is 0 Å². The van der Waals surface area contributed by atoms with E-state index in [1.807, 2.05) is 18.4 Å². The minimum Gasteiger partial charge on any atom is -0.481 e. The topological polar surface area (TPSA) is 39.9 Å². The molecule has 0 spiro atoms. The van der Waals surface area contributed by atoms with E-state index in [2.05, 4.69) is 41.4 Å². The van der Waals surface area contributed by atoms with Gasteiger partial charge in [-0.3, -0.25) is 0 Å². The van der Waals surface area contributed by atoms with Gasteiger partial charge in [-0.25, -0.2) is 4.39 Å². The molecule has 1 aromatic heterocycles. The largest absolute Gasteiger partial charge is 0.481 e. The lowest BCUT2D eigenvalue weighted by Crippen LogP contribution is -2.12. The molecule has 3 aromatic rings. The number of thioether (sulfide) groups is 1. The third kappa shape index (κ3) is 4.82. The third-order valence-corrected chi connectivity index (χ3v) is 5.44. The minimum absolute atomic E-state index is 0.235. The van der Waals surface area contributed by atoms with Crippen LogP contribution in [0.3, 0.4) is 0 Å². The highest BCUT2D eigenvalue weighted by Crippen LogP contribution is 2.30. The van der Waals surface area contributed by atoms with Crippen molar-refractivity contribution in [3.63, 3.8) is 0 Å². The van der Waals surface area contributed by atoms with Crippen LogP contribution in [-0.2, 0) is 12.3 Å². The zero-order valence-corrected chi connectivity index (χ0v) is 17.0. The van der Waals surface area contributed by atoms with E-state index in [4.69, 9.17) is 16.3 Å². The summed E-state index contributed by atoms with van der Waals surface area (Å²) < 4.78 is 21.1. The summed E-state index contributed by atoms with van der Waals surface area (Å²) in [4.78, 5) is 0. The molecule has 0 radical (unpaired) electrons. The Morgan fingerprint density at radius 2 is 1.93 bits per heavy atom. The van der Waals surface area contributed by atoms with Gasteiger partial charge in [0.15, 0.2) is 17.1 Å². The van der Waals surface area contributed by atoms with E-state index >= 15 is 0 Å². The van der Waals surface area contributed by atoms with E-state index in [-0.39, 0.29) is 11.1 Å². The van der Waals surface area contributed by atoms with Crippen LogP contribution in [0.1, 0.15) is 36.9 Å². The van der Waals surface area contributed by atoms with Gasteiger partial charge in [-0.1, -0.05) is 53.2 Å². The lowest BCUT2D eigenvalue weighted by molar-refractivity contribution is 0.210. The SMILES string of the molecule is CCn1c(SCc2ccc(C)cc2)nnc1C(C)Oc1ccc(F)cc1Cl. The highest BCUT2D eigenvalue weighted by molar-refractivity contribution is 7.98. The number of benzene rings is 2. The maximum atomic E-state index is 13.2. The van der Waals surface area contributed by atoms with Crippen molar-refractivity contribution in [2.45, 2.75) is 44.3 Å². The number of aryl methyl sites for hydroxylation is 1. The molecule has 4 nitrogen and oxygen atoms in total. The number of nitrogens with zero attached hydrogens (tertiary/aromatic N) is 3. The van der Waals surface area contributed by atoms with Crippen molar-refractivity contribution in [1.29, 1.82) is 0 Å². The molecule has 7 heteroatoms. The van der Waals surface area contributed by atoms with Crippen LogP contribution in [0, 0.1) is 12.7 Å². The Balaban J connectivity index is 1.73. The maximum absolute atomic E-state index is 13.2. The molecule has 0 aliphatic carbocycles. The molecule has 1 unspecified atom stereocenters. The summed E-state index contributed by atoms with van der Waals surface area (Å²) in [6.45, 7) is 6.72. The Bertz CT molecular complexity index is 914. The lowest BCUT2D eigenvalue weighted by atomic mass is 10.2. The number of aromatic nitrogens is 3. The average Bonchev–Trinajstić information content (AvgIpc) is 3.06. The van der Waals surface area contributed by atoms with Crippen LogP contribution in [0.4, 0.5) is 4.39 Å². The van der Waals surface area contributed by atoms with Crippen LogP contribution in [0.5, 0.6) is 5.75 Å². The Hall–Kier alpha value is -2.05. The molecule has 0 fully saturated rings. The first-order chi connectivity index (χ1) is 13.0. The maximum Gasteiger partial charge on any atom is 0.191 e. The second-order valence-electron chi connectivity index (χ2n) is 6.19. The van der Waals surface area contributed by atoms with Crippen molar-refractivity contribution in [2.24, 2.45) is 0 Å². The molecule has 27 heavy (non-hydrogen) atoms. The van der Waals surface area contributed by atoms with Gasteiger partial charge in [-0.15, -0.1) is 10.2 Å². The Labute approximate surface area is 167 Å². The molecular formula is C20H21ClFN3OS. The molecule has 0 N–H and O–H groups in total. The van der Waals surface area contributed by atoms with Crippen LogP contribution in [0.25, 0.3) is 0 Å². The highest BCUT2D eigenvalue weighted by atomic mass is 35.5. The van der Waals surface area contributed by atoms with Crippen molar-refractivity contribution in [3.05, 3.63) is 70.3 Å². The molecule has 0 aliphatic rings. The summed E-state index contributed by atoms with van der Waals surface area (Å²) in [6.07, 6.45) is -0.367. The number of rotatable bonds is 7. The summed E-state index contributed by atoms with van der Waals surface area (Å²) >= 11 is 7.69. The van der Waals surface area contributed by atoms with E-state index in [1.54, 1.807) is 11.8 Å². The first-order valence-electron chi connectivity index (χ1n) is 8.71. The third-order valence-electron chi connectivity index (χ3n) is 4.11. The summed E-state index contributed by atoms with van der Waals surface area (Å²) in [6, 6.07) is 12.5. The first-order valence-corrected chi connectivity index (χ1v) is 10.1. The van der Waals surface area contributed by atoms with Crippen LogP contribution >= 0.6 is 23.4 Å². The van der Waals surface area contributed by atoms with Gasteiger partial charge >= 0.3 is 0 Å². The molecule has 0 saturated heterocycles. The molecule has 0 aliphatic heterocycles. The van der Waals surface area contributed by atoms with Gasteiger partial charge in [0.25, 0.3) is 0 Å². The predicted octanol–water partition coefficient (Wildman–Crippen LogP) is 5.83. The molecule has 0 saturated carbocycles. The lowest BCUT2D eigenvalue weighted by Gasteiger charge is -2.16. The van der Waals surface area contributed by atoms with E-state index in [9.17, 15) is 4.39 Å². The quantitative estimate of drug-likeness (QED) is 0.463. The molecule has 1 atom stereocenters. The van der Waals surface area contributed by atoms with Crippen LogP contribution < -0.4 is 4.74 Å². The normalized spacial score (nSPS) is 12.2. The Kier molecular flexibility index (Phi) is 6.39. The van der Waals surface area contributed by atoms with Crippen molar-refractivity contribution >= 4 is 23.4 Å². The minimum atomic E-state index is -0.397. The predicted molar refractivity (Wildman–Crippen MR) is 107 cm³/mol. The molecule has 0 amide bonds. The fourth-order valence-corrected chi connectivity index (χ4v) is 3.83. The summed E-state index contributed by atoms with van der Waals surface area (Å²) in [5.74, 6) is 1.55. The standard InChI is InChI=1S/C20H21ClFN3OS/c1-4-25-19(14(3)26-18-10-9-16(22)11-17(18)21)23-24-20(25)27-12-15-7-5-13(2)6-8-15/h5-11,14H,4,12H2,1-3H3. The summed E-state index contributed by atoms with van der Waals surface area (Å²) in [7, 11) is 0. The van der Waals surface area contributed by atoms with Gasteiger partial charge < -0.3 is 9.30 Å². The Morgan fingerprint density at radius 3 is 2.59 bits per heavy atom. The van der Waals surface area contributed by atoms with Gasteiger partial charge in [0, 0.05) is 12.3 Å². The second-order valence-corrected chi connectivity index (χ2v) is 7.54. The number of ether oxygens (including phenoxy) is 1. The monoisotopic (exact) mass is 405 g/mol. The Morgan fingerprint density at radius 1 is 1.19 bits per heavy atom. The van der Waals surface area contributed by atoms with E-state index in [1.165, 1.54) is 29.3 Å². The van der Waals surface area contributed by atoms with Crippen molar-refractivity contribution in [3.8, 4) is 5.75 Å². The fraction of sp³-hybridized carbons (Fsp3) is 0.300. The number of halogens is 2. The number of hydrogen-bond acceptors (Lipinski definition) is 4. The second kappa shape index (κ2) is 8.76. The van der Waals surface area contributed by atoms with Crippen molar-refractivity contribution in [2.75, 3.05) is 0 Å². The van der Waals surface area contributed by atoms with Gasteiger partial charge in [-0.2, -0.15) is 0 Å². The first kappa shape index (κ1) is 19.7. The van der Waals surface area contributed by atoms with Crippen LogP contribution in [0.2, 0.25) is 5.02 Å². The van der Waals surface area contributed by atoms with Crippen LogP contribution in [0.15, 0.2) is 47.6 Å². The van der Waals surface area contributed by atoms with Crippen molar-refractivity contribution < 1.29 is 9.13 Å². The van der Waals surface area contributed by atoms with E-state index in [0.717, 1.165) is 17.5 Å². The molecule has 0 bridgehead atoms. The molecule has 142 valence electrons. The summed E-state index contributed by atoms with van der Waals surface area (Å²) in [5, 5.41) is 9.70.